The van der Waals surface area contributed by atoms with Gasteiger partial charge >= 0.3 is 0 Å². The number of hydrogen-bond donors (Lipinski definition) is 1. The number of anilines is 2. The Morgan fingerprint density at radius 3 is 2.61 bits per heavy atom. The lowest BCUT2D eigenvalue weighted by molar-refractivity contribution is 0.0724. The Hall–Kier alpha value is -1.78. The third kappa shape index (κ3) is 3.95. The molecule has 1 aliphatic rings. The van der Waals surface area contributed by atoms with E-state index < -0.39 is 0 Å². The standard InChI is InChI=1S/C17H17Cl2N3O/c18-13-4-5-16(15(19)9-13)21-14-8-12(10-20-11-14)17(23)22-6-2-1-3-7-22/h4-5,8-11,21H,1-3,6-7H2. The number of nitrogens with zero attached hydrogens (tertiary/aromatic N) is 2. The third-order valence-corrected chi connectivity index (χ3v) is 4.39. The third-order valence-electron chi connectivity index (χ3n) is 3.84. The second kappa shape index (κ2) is 7.20. The number of hydrogen-bond acceptors (Lipinski definition) is 3. The van der Waals surface area contributed by atoms with E-state index in [1.165, 1.54) is 6.42 Å². The largest absolute Gasteiger partial charge is 0.353 e. The average molecular weight is 350 g/mol. The molecule has 6 heteroatoms. The average Bonchev–Trinajstić information content (AvgIpc) is 2.58. The quantitative estimate of drug-likeness (QED) is 0.868. The van der Waals surface area contributed by atoms with E-state index in [0.717, 1.165) is 37.3 Å². The maximum Gasteiger partial charge on any atom is 0.255 e. The molecule has 0 radical (unpaired) electrons. The molecule has 0 unspecified atom stereocenters. The highest BCUT2D eigenvalue weighted by Crippen LogP contribution is 2.28. The number of nitrogens with one attached hydrogen (secondary N) is 1. The molecule has 4 nitrogen and oxygen atoms in total. The Kier molecular flexibility index (Phi) is 5.03. The molecule has 2 aromatic rings. The maximum absolute atomic E-state index is 12.5. The van der Waals surface area contributed by atoms with Gasteiger partial charge in [0.1, 0.15) is 0 Å². The van der Waals surface area contributed by atoms with Gasteiger partial charge in [0, 0.05) is 24.3 Å². The first kappa shape index (κ1) is 16.1. The summed E-state index contributed by atoms with van der Waals surface area (Å²) in [6.07, 6.45) is 6.59. The van der Waals surface area contributed by atoms with Crippen molar-refractivity contribution in [2.75, 3.05) is 18.4 Å². The van der Waals surface area contributed by atoms with Crippen molar-refractivity contribution in [3.63, 3.8) is 0 Å². The summed E-state index contributed by atoms with van der Waals surface area (Å²) in [6.45, 7) is 1.64. The first-order valence-electron chi connectivity index (χ1n) is 7.60. The number of likely N-dealkylation sites (tertiary alicyclic amines) is 1. The predicted octanol–water partition coefficient (Wildman–Crippen LogP) is 4.76. The molecular formula is C17H17Cl2N3O. The van der Waals surface area contributed by atoms with Gasteiger partial charge in [0.2, 0.25) is 0 Å². The molecule has 2 heterocycles. The van der Waals surface area contributed by atoms with E-state index in [1.807, 2.05) is 4.90 Å². The number of rotatable bonds is 3. The van der Waals surface area contributed by atoms with E-state index in [4.69, 9.17) is 23.2 Å². The molecule has 1 saturated heterocycles. The fourth-order valence-corrected chi connectivity index (χ4v) is 3.11. The zero-order valence-corrected chi connectivity index (χ0v) is 14.1. The number of pyridine rings is 1. The minimum absolute atomic E-state index is 0.0306. The van der Waals surface area contributed by atoms with Crippen LogP contribution in [-0.2, 0) is 0 Å². The summed E-state index contributed by atoms with van der Waals surface area (Å²) in [4.78, 5) is 18.6. The smallest absolute Gasteiger partial charge is 0.255 e. The molecule has 1 fully saturated rings. The summed E-state index contributed by atoms with van der Waals surface area (Å²) in [5.41, 5.74) is 2.03. The monoisotopic (exact) mass is 349 g/mol. The van der Waals surface area contributed by atoms with Crippen LogP contribution in [0, 0.1) is 0 Å². The summed E-state index contributed by atoms with van der Waals surface area (Å²) in [6, 6.07) is 7.02. The van der Waals surface area contributed by atoms with Gasteiger partial charge in [-0.25, -0.2) is 0 Å². The van der Waals surface area contributed by atoms with Crippen LogP contribution in [0.5, 0.6) is 0 Å². The van der Waals surface area contributed by atoms with Crippen LogP contribution < -0.4 is 5.32 Å². The van der Waals surface area contributed by atoms with Crippen molar-refractivity contribution < 1.29 is 4.79 Å². The van der Waals surface area contributed by atoms with Crippen molar-refractivity contribution >= 4 is 40.5 Å². The molecule has 1 aliphatic heterocycles. The Morgan fingerprint density at radius 1 is 1.09 bits per heavy atom. The number of carbonyl (C=O) groups excluding carboxylic acids is 1. The highest BCUT2D eigenvalue weighted by molar-refractivity contribution is 6.36. The van der Waals surface area contributed by atoms with Gasteiger partial charge < -0.3 is 10.2 Å². The van der Waals surface area contributed by atoms with Crippen molar-refractivity contribution in [1.29, 1.82) is 0 Å². The highest BCUT2D eigenvalue weighted by atomic mass is 35.5. The molecule has 1 aromatic heterocycles. The highest BCUT2D eigenvalue weighted by Gasteiger charge is 2.18. The van der Waals surface area contributed by atoms with Gasteiger partial charge in [-0.1, -0.05) is 23.2 Å². The molecule has 0 saturated carbocycles. The summed E-state index contributed by atoms with van der Waals surface area (Å²) >= 11 is 12.1. The van der Waals surface area contributed by atoms with Crippen LogP contribution in [0.15, 0.2) is 36.7 Å². The number of aromatic nitrogens is 1. The second-order valence-electron chi connectivity index (χ2n) is 5.56. The fraction of sp³-hybridized carbons (Fsp3) is 0.294. The van der Waals surface area contributed by atoms with E-state index in [2.05, 4.69) is 10.3 Å². The number of benzene rings is 1. The first-order valence-corrected chi connectivity index (χ1v) is 8.35. The summed E-state index contributed by atoms with van der Waals surface area (Å²) in [5, 5.41) is 4.27. The van der Waals surface area contributed by atoms with Crippen LogP contribution in [0.4, 0.5) is 11.4 Å². The second-order valence-corrected chi connectivity index (χ2v) is 6.41. The van der Waals surface area contributed by atoms with Crippen LogP contribution in [0.25, 0.3) is 0 Å². The number of amides is 1. The molecule has 23 heavy (non-hydrogen) atoms. The first-order chi connectivity index (χ1) is 11.1. The lowest BCUT2D eigenvalue weighted by atomic mass is 10.1. The zero-order valence-electron chi connectivity index (χ0n) is 12.6. The van der Waals surface area contributed by atoms with Gasteiger partial charge in [0.05, 0.1) is 28.2 Å². The number of halogens is 2. The Balaban J connectivity index is 1.78. The van der Waals surface area contributed by atoms with E-state index in [1.54, 1.807) is 36.7 Å². The summed E-state index contributed by atoms with van der Waals surface area (Å²) in [5.74, 6) is 0.0306. The normalized spacial score (nSPS) is 14.6. The summed E-state index contributed by atoms with van der Waals surface area (Å²) < 4.78 is 0. The predicted molar refractivity (Wildman–Crippen MR) is 93.7 cm³/mol. The molecule has 0 bridgehead atoms. The van der Waals surface area contributed by atoms with E-state index in [9.17, 15) is 4.79 Å². The molecule has 1 N–H and O–H groups in total. The summed E-state index contributed by atoms with van der Waals surface area (Å²) in [7, 11) is 0. The molecule has 0 atom stereocenters. The molecule has 1 aromatic carbocycles. The molecule has 1 amide bonds. The van der Waals surface area contributed by atoms with Gasteiger partial charge in [-0.05, 0) is 43.5 Å². The Labute approximate surface area is 145 Å². The molecular weight excluding hydrogens is 333 g/mol. The minimum Gasteiger partial charge on any atom is -0.353 e. The van der Waals surface area contributed by atoms with Crippen molar-refractivity contribution in [3.8, 4) is 0 Å². The van der Waals surface area contributed by atoms with Crippen molar-refractivity contribution in [1.82, 2.24) is 9.88 Å². The van der Waals surface area contributed by atoms with Gasteiger partial charge in [0.15, 0.2) is 0 Å². The van der Waals surface area contributed by atoms with Crippen LogP contribution in [-0.4, -0.2) is 28.9 Å². The van der Waals surface area contributed by atoms with Gasteiger partial charge in [0.25, 0.3) is 5.91 Å². The molecule has 3 rings (SSSR count). The number of piperidine rings is 1. The van der Waals surface area contributed by atoms with Crippen molar-refractivity contribution in [2.24, 2.45) is 0 Å². The lowest BCUT2D eigenvalue weighted by Crippen LogP contribution is -2.35. The van der Waals surface area contributed by atoms with Gasteiger partial charge in [-0.3, -0.25) is 9.78 Å². The maximum atomic E-state index is 12.5. The SMILES string of the molecule is O=C(c1cncc(Nc2ccc(Cl)cc2Cl)c1)N1CCCCC1. The van der Waals surface area contributed by atoms with Crippen LogP contribution in [0.2, 0.25) is 10.0 Å². The Morgan fingerprint density at radius 2 is 1.87 bits per heavy atom. The van der Waals surface area contributed by atoms with Crippen LogP contribution >= 0.6 is 23.2 Å². The van der Waals surface area contributed by atoms with E-state index >= 15 is 0 Å². The Bertz CT molecular complexity index is 715. The van der Waals surface area contributed by atoms with E-state index in [0.29, 0.717) is 15.6 Å². The van der Waals surface area contributed by atoms with Crippen LogP contribution in [0.1, 0.15) is 29.6 Å². The van der Waals surface area contributed by atoms with Crippen molar-refractivity contribution in [2.45, 2.75) is 19.3 Å². The number of carbonyl (C=O) groups is 1. The van der Waals surface area contributed by atoms with Crippen LogP contribution in [0.3, 0.4) is 0 Å². The zero-order chi connectivity index (χ0) is 16.2. The topological polar surface area (TPSA) is 45.2 Å². The van der Waals surface area contributed by atoms with Gasteiger partial charge in [-0.2, -0.15) is 0 Å². The fourth-order valence-electron chi connectivity index (χ4n) is 2.65. The lowest BCUT2D eigenvalue weighted by Gasteiger charge is -2.26. The van der Waals surface area contributed by atoms with E-state index in [-0.39, 0.29) is 5.91 Å². The molecule has 0 aliphatic carbocycles. The molecule has 120 valence electrons. The van der Waals surface area contributed by atoms with Crippen molar-refractivity contribution in [3.05, 3.63) is 52.3 Å². The minimum atomic E-state index is 0.0306. The molecule has 0 spiro atoms. The van der Waals surface area contributed by atoms with Gasteiger partial charge in [-0.15, -0.1) is 0 Å².